The van der Waals surface area contributed by atoms with E-state index in [1.54, 1.807) is 26.0 Å². The van der Waals surface area contributed by atoms with Gasteiger partial charge in [-0.05, 0) is 32.9 Å². The van der Waals surface area contributed by atoms with Crippen molar-refractivity contribution in [2.45, 2.75) is 20.8 Å². The minimum absolute atomic E-state index is 0.0860. The Hall–Kier alpha value is -2.24. The molecule has 0 spiro atoms. The highest BCUT2D eigenvalue weighted by atomic mass is 16.5. The molecule has 0 aliphatic heterocycles. The van der Waals surface area contributed by atoms with Crippen LogP contribution in [0.2, 0.25) is 0 Å². The molecule has 0 fully saturated rings. The topological polar surface area (TPSA) is 87.9 Å². The van der Waals surface area contributed by atoms with Gasteiger partial charge in [-0.3, -0.25) is 4.79 Å². The van der Waals surface area contributed by atoms with E-state index in [1.807, 2.05) is 6.92 Å². The highest BCUT2D eigenvalue weighted by molar-refractivity contribution is 5.91. The number of hydrogen-bond donors (Lipinski definition) is 1. The van der Waals surface area contributed by atoms with Gasteiger partial charge in [0.1, 0.15) is 12.4 Å². The largest absolute Gasteiger partial charge is 0.494 e. The van der Waals surface area contributed by atoms with Gasteiger partial charge in [0.05, 0.1) is 24.7 Å². The fourth-order valence-electron chi connectivity index (χ4n) is 1.65. The number of benzene rings is 1. The Morgan fingerprint density at radius 1 is 1.24 bits per heavy atom. The standard InChI is InChI=1S/C15H21NO5/c1-5-20-12-7-10(6-11(16)8-12)13(17)21-9-15(2,3)14(18)19-4/h6-8H,5,9,16H2,1-4H3. The third-order valence-corrected chi connectivity index (χ3v) is 2.78. The molecule has 0 aliphatic carbocycles. The minimum atomic E-state index is -0.909. The molecule has 0 saturated carbocycles. The lowest BCUT2D eigenvalue weighted by Gasteiger charge is -2.21. The maximum absolute atomic E-state index is 12.0. The molecule has 0 radical (unpaired) electrons. The summed E-state index contributed by atoms with van der Waals surface area (Å²) < 4.78 is 15.1. The predicted octanol–water partition coefficient (Wildman–Crippen LogP) is 2.02. The maximum Gasteiger partial charge on any atom is 0.338 e. The first-order valence-electron chi connectivity index (χ1n) is 6.59. The van der Waals surface area contributed by atoms with Gasteiger partial charge in [-0.2, -0.15) is 0 Å². The Bertz CT molecular complexity index is 525. The van der Waals surface area contributed by atoms with Crippen molar-refractivity contribution in [2.75, 3.05) is 26.1 Å². The first kappa shape index (κ1) is 16.8. The van der Waals surface area contributed by atoms with Gasteiger partial charge in [0, 0.05) is 11.8 Å². The first-order chi connectivity index (χ1) is 9.80. The van der Waals surface area contributed by atoms with Crippen molar-refractivity contribution in [3.05, 3.63) is 23.8 Å². The second-order valence-electron chi connectivity index (χ2n) is 5.18. The molecular weight excluding hydrogens is 274 g/mol. The molecule has 1 aromatic rings. The van der Waals surface area contributed by atoms with E-state index < -0.39 is 17.4 Å². The van der Waals surface area contributed by atoms with Crippen molar-refractivity contribution < 1.29 is 23.8 Å². The van der Waals surface area contributed by atoms with Crippen LogP contribution >= 0.6 is 0 Å². The van der Waals surface area contributed by atoms with E-state index in [2.05, 4.69) is 4.74 Å². The van der Waals surface area contributed by atoms with Crippen molar-refractivity contribution in [1.82, 2.24) is 0 Å². The van der Waals surface area contributed by atoms with Crippen molar-refractivity contribution in [3.63, 3.8) is 0 Å². The molecule has 21 heavy (non-hydrogen) atoms. The molecule has 0 aliphatic rings. The predicted molar refractivity (Wildman–Crippen MR) is 78.1 cm³/mol. The second-order valence-corrected chi connectivity index (χ2v) is 5.18. The Morgan fingerprint density at radius 3 is 2.48 bits per heavy atom. The average molecular weight is 295 g/mol. The number of ether oxygens (including phenoxy) is 3. The van der Waals surface area contributed by atoms with E-state index in [4.69, 9.17) is 15.2 Å². The Kier molecular flexibility index (Phi) is 5.58. The lowest BCUT2D eigenvalue weighted by molar-refractivity contribution is -0.152. The summed E-state index contributed by atoms with van der Waals surface area (Å²) in [6.45, 7) is 5.48. The number of esters is 2. The molecular formula is C15H21NO5. The second kappa shape index (κ2) is 6.97. The van der Waals surface area contributed by atoms with Crippen LogP contribution in [0.4, 0.5) is 5.69 Å². The summed E-state index contributed by atoms with van der Waals surface area (Å²) in [6.07, 6.45) is 0. The van der Waals surface area contributed by atoms with Crippen LogP contribution in [0.5, 0.6) is 5.75 Å². The lowest BCUT2D eigenvalue weighted by Crippen LogP contribution is -2.32. The molecule has 116 valence electrons. The monoisotopic (exact) mass is 295 g/mol. The van der Waals surface area contributed by atoms with E-state index in [9.17, 15) is 9.59 Å². The molecule has 1 rings (SSSR count). The zero-order valence-corrected chi connectivity index (χ0v) is 12.8. The molecule has 0 unspecified atom stereocenters. The number of anilines is 1. The molecule has 6 nitrogen and oxygen atoms in total. The van der Waals surface area contributed by atoms with Crippen LogP contribution in [0, 0.1) is 5.41 Å². The number of rotatable bonds is 6. The number of nitrogens with two attached hydrogens (primary N) is 1. The SMILES string of the molecule is CCOc1cc(N)cc(C(=O)OCC(C)(C)C(=O)OC)c1. The zero-order chi connectivity index (χ0) is 16.0. The van der Waals surface area contributed by atoms with Crippen molar-refractivity contribution in [2.24, 2.45) is 5.41 Å². The van der Waals surface area contributed by atoms with Crippen LogP contribution in [-0.4, -0.2) is 32.3 Å². The summed E-state index contributed by atoms with van der Waals surface area (Å²) in [4.78, 5) is 23.5. The van der Waals surface area contributed by atoms with Gasteiger partial charge in [0.25, 0.3) is 0 Å². The van der Waals surface area contributed by atoms with Crippen LogP contribution in [-0.2, 0) is 14.3 Å². The number of methoxy groups -OCH3 is 1. The molecule has 0 atom stereocenters. The molecule has 0 amide bonds. The van der Waals surface area contributed by atoms with Gasteiger partial charge in [0.2, 0.25) is 0 Å². The summed E-state index contributed by atoms with van der Waals surface area (Å²) in [7, 11) is 1.29. The van der Waals surface area contributed by atoms with Gasteiger partial charge in [-0.25, -0.2) is 4.79 Å². The number of carbonyl (C=O) groups excluding carboxylic acids is 2. The fourth-order valence-corrected chi connectivity index (χ4v) is 1.65. The van der Waals surface area contributed by atoms with E-state index >= 15 is 0 Å². The van der Waals surface area contributed by atoms with Gasteiger partial charge >= 0.3 is 11.9 Å². The minimum Gasteiger partial charge on any atom is -0.494 e. The van der Waals surface area contributed by atoms with Crippen molar-refractivity contribution in [1.29, 1.82) is 0 Å². The van der Waals surface area contributed by atoms with Crippen molar-refractivity contribution >= 4 is 17.6 Å². The van der Waals surface area contributed by atoms with Gasteiger partial charge in [-0.15, -0.1) is 0 Å². The van der Waals surface area contributed by atoms with Crippen molar-refractivity contribution in [3.8, 4) is 5.75 Å². The smallest absolute Gasteiger partial charge is 0.338 e. The normalized spacial score (nSPS) is 10.9. The Labute approximate surface area is 124 Å². The van der Waals surface area contributed by atoms with E-state index in [-0.39, 0.29) is 12.2 Å². The zero-order valence-electron chi connectivity index (χ0n) is 12.8. The van der Waals surface area contributed by atoms with Gasteiger partial charge in [0.15, 0.2) is 0 Å². The summed E-state index contributed by atoms with van der Waals surface area (Å²) in [5.74, 6) is -0.519. The maximum atomic E-state index is 12.0. The Morgan fingerprint density at radius 2 is 1.90 bits per heavy atom. The average Bonchev–Trinajstić information content (AvgIpc) is 2.43. The van der Waals surface area contributed by atoms with E-state index in [1.165, 1.54) is 13.2 Å². The Balaban J connectivity index is 2.78. The number of nitrogen functional groups attached to an aromatic ring is 1. The van der Waals surface area contributed by atoms with Crippen LogP contribution in [0.25, 0.3) is 0 Å². The third kappa shape index (κ3) is 4.66. The van der Waals surface area contributed by atoms with Crippen LogP contribution in [0.3, 0.4) is 0 Å². The quantitative estimate of drug-likeness (QED) is 0.638. The summed E-state index contributed by atoms with van der Waals surface area (Å²) in [5, 5.41) is 0. The van der Waals surface area contributed by atoms with Crippen LogP contribution in [0.1, 0.15) is 31.1 Å². The summed E-state index contributed by atoms with van der Waals surface area (Å²) in [6, 6.07) is 4.67. The molecule has 0 aromatic heterocycles. The number of hydrogen-bond acceptors (Lipinski definition) is 6. The third-order valence-electron chi connectivity index (χ3n) is 2.78. The lowest BCUT2D eigenvalue weighted by atomic mass is 9.95. The van der Waals surface area contributed by atoms with Gasteiger partial charge in [-0.1, -0.05) is 0 Å². The molecule has 0 bridgehead atoms. The van der Waals surface area contributed by atoms with Gasteiger partial charge < -0.3 is 19.9 Å². The molecule has 1 aromatic carbocycles. The first-order valence-corrected chi connectivity index (χ1v) is 6.59. The van der Waals surface area contributed by atoms with Crippen LogP contribution in [0.15, 0.2) is 18.2 Å². The highest BCUT2D eigenvalue weighted by Crippen LogP contribution is 2.22. The molecule has 0 heterocycles. The molecule has 2 N–H and O–H groups in total. The number of carbonyl (C=O) groups is 2. The molecule has 0 saturated heterocycles. The van der Waals surface area contributed by atoms with Crippen LogP contribution < -0.4 is 10.5 Å². The van der Waals surface area contributed by atoms with E-state index in [0.29, 0.717) is 18.0 Å². The summed E-state index contributed by atoms with van der Waals surface area (Å²) in [5.41, 5.74) is 5.49. The fraction of sp³-hybridized carbons (Fsp3) is 0.467. The highest BCUT2D eigenvalue weighted by Gasteiger charge is 2.30. The summed E-state index contributed by atoms with van der Waals surface area (Å²) >= 11 is 0. The van der Waals surface area contributed by atoms with E-state index in [0.717, 1.165) is 0 Å². The molecule has 6 heteroatoms.